The average molecular weight is 228 g/mol. The molecule has 0 aromatic carbocycles. The van der Waals surface area contributed by atoms with Crippen molar-refractivity contribution in [2.45, 2.75) is 0 Å². The Hall–Kier alpha value is 2.17. The van der Waals surface area contributed by atoms with Crippen LogP contribution in [0, 0.1) is 0 Å². The Morgan fingerprint density at radius 2 is 0.429 bits per heavy atom. The first-order valence-electron chi connectivity index (χ1n) is 0. The topological polar surface area (TPSA) is 0 Å². The molecule has 7 heteroatoms. The Labute approximate surface area is 101 Å². The van der Waals surface area contributed by atoms with Gasteiger partial charge in [0.1, 0.15) is 0 Å². The maximum absolute atomic E-state index is 0. The molecule has 0 aliphatic heterocycles. The number of hydrogen-bond donors (Lipinski definition) is 0. The van der Waals surface area contributed by atoms with Gasteiger partial charge in [-0.1, -0.05) is 0 Å². The zero-order chi connectivity index (χ0) is 0. The number of rotatable bonds is 0. The summed E-state index contributed by atoms with van der Waals surface area (Å²) in [6, 6.07) is 0. The van der Waals surface area contributed by atoms with E-state index in [2.05, 4.69) is 0 Å². The van der Waals surface area contributed by atoms with E-state index in [1.54, 1.807) is 0 Å². The van der Waals surface area contributed by atoms with Crippen LogP contribution >= 0.6 is 0 Å². The molecule has 0 rings (SSSR count). The third kappa shape index (κ3) is 66.1. The molecule has 0 unspecified atom stereocenters. The average Bonchev–Trinajstić information content (AvgIpc) is 0. The number of halogens is 5. The molecule has 7 heavy (non-hydrogen) atoms. The second kappa shape index (κ2) is 89.2. The summed E-state index contributed by atoms with van der Waals surface area (Å²) in [5.74, 6) is 0. The zero-order valence-electron chi connectivity index (χ0n) is 3.39. The maximum Gasteiger partial charge on any atom is 4.00 e. The molecule has 0 fully saturated rings. The van der Waals surface area contributed by atoms with Gasteiger partial charge in [0.2, 0.25) is 0 Å². The Morgan fingerprint density at radius 3 is 0.429 bits per heavy atom. The van der Waals surface area contributed by atoms with Gasteiger partial charge in [0.25, 0.3) is 0 Å². The molecular formula is F5RbTi. The van der Waals surface area contributed by atoms with Crippen molar-refractivity contribution in [3.8, 4) is 0 Å². The van der Waals surface area contributed by atoms with E-state index in [-0.39, 0.29) is 103 Å². The molecule has 0 amide bonds. The van der Waals surface area contributed by atoms with E-state index in [0.717, 1.165) is 0 Å². The molecule has 40 valence electrons. The smallest absolute Gasteiger partial charge is 1.00 e. The quantitative estimate of drug-likeness (QED) is 0.285. The van der Waals surface area contributed by atoms with Crippen molar-refractivity contribution in [2.75, 3.05) is 0 Å². The van der Waals surface area contributed by atoms with Crippen LogP contribution in [0.2, 0.25) is 0 Å². The van der Waals surface area contributed by atoms with Gasteiger partial charge in [0, 0.05) is 0 Å². The molecule has 0 N–H and O–H groups in total. The Morgan fingerprint density at radius 1 is 0.429 bits per heavy atom. The van der Waals surface area contributed by atoms with Crippen molar-refractivity contribution < 1.29 is 103 Å². The van der Waals surface area contributed by atoms with Crippen LogP contribution in [-0.4, -0.2) is 0 Å². The third-order valence-corrected chi connectivity index (χ3v) is 0. The van der Waals surface area contributed by atoms with E-state index < -0.39 is 0 Å². The van der Waals surface area contributed by atoms with E-state index in [9.17, 15) is 0 Å². The van der Waals surface area contributed by atoms with E-state index in [4.69, 9.17) is 0 Å². The van der Waals surface area contributed by atoms with E-state index in [1.165, 1.54) is 0 Å². The summed E-state index contributed by atoms with van der Waals surface area (Å²) >= 11 is 0. The van der Waals surface area contributed by atoms with Gasteiger partial charge >= 0.3 is 79.9 Å². The summed E-state index contributed by atoms with van der Waals surface area (Å²) in [7, 11) is 0. The standard InChI is InChI=1S/5FH.Rb.Ti/h5*1H;;/q;;;;;+1;+4/p-5. The van der Waals surface area contributed by atoms with Crippen LogP contribution in [0.1, 0.15) is 0 Å². The van der Waals surface area contributed by atoms with Crippen LogP contribution in [0.4, 0.5) is 0 Å². The molecular weight excluding hydrogens is 228 g/mol. The molecule has 0 spiro atoms. The van der Waals surface area contributed by atoms with Crippen molar-refractivity contribution >= 4 is 0 Å². The first-order valence-corrected chi connectivity index (χ1v) is 0. The van der Waals surface area contributed by atoms with Crippen molar-refractivity contribution in [1.29, 1.82) is 0 Å². The largest absolute Gasteiger partial charge is 4.00 e. The zero-order valence-corrected chi connectivity index (χ0v) is 9.87. The first kappa shape index (κ1) is 130. The molecule has 0 radical (unpaired) electrons. The minimum atomic E-state index is 0. The van der Waals surface area contributed by atoms with Crippen LogP contribution in [-0.2, 0) is 21.7 Å². The van der Waals surface area contributed by atoms with Crippen LogP contribution in [0.25, 0.3) is 0 Å². The fourth-order valence-electron chi connectivity index (χ4n) is 0. The molecule has 0 bridgehead atoms. The Bertz CT molecular complexity index is 8.04. The summed E-state index contributed by atoms with van der Waals surface area (Å²) in [5, 5.41) is 0. The van der Waals surface area contributed by atoms with Crippen LogP contribution in [0.3, 0.4) is 0 Å². The van der Waals surface area contributed by atoms with Gasteiger partial charge < -0.3 is 23.5 Å². The van der Waals surface area contributed by atoms with Crippen LogP contribution < -0.4 is 81.7 Å². The molecule has 0 aliphatic carbocycles. The molecule has 0 saturated heterocycles. The van der Waals surface area contributed by atoms with Gasteiger partial charge in [-0.15, -0.1) is 0 Å². The second-order valence-electron chi connectivity index (χ2n) is 0. The van der Waals surface area contributed by atoms with Gasteiger partial charge in [0.15, 0.2) is 0 Å². The van der Waals surface area contributed by atoms with Gasteiger partial charge in [-0.2, -0.15) is 0 Å². The summed E-state index contributed by atoms with van der Waals surface area (Å²) in [6.07, 6.45) is 0. The van der Waals surface area contributed by atoms with Crippen molar-refractivity contribution in [2.24, 2.45) is 0 Å². The molecule has 0 aromatic heterocycles. The van der Waals surface area contributed by atoms with Gasteiger partial charge in [-0.05, 0) is 0 Å². The van der Waals surface area contributed by atoms with E-state index in [1.807, 2.05) is 0 Å². The van der Waals surface area contributed by atoms with E-state index >= 15 is 0 Å². The van der Waals surface area contributed by atoms with Crippen molar-refractivity contribution in [3.63, 3.8) is 0 Å². The van der Waals surface area contributed by atoms with E-state index in [0.29, 0.717) is 0 Å². The van der Waals surface area contributed by atoms with Gasteiger partial charge in [-0.3, -0.25) is 0 Å². The van der Waals surface area contributed by atoms with Crippen molar-refractivity contribution in [1.82, 2.24) is 0 Å². The number of hydrogen-bond acceptors (Lipinski definition) is 0. The second-order valence-corrected chi connectivity index (χ2v) is 0. The van der Waals surface area contributed by atoms with Crippen LogP contribution in [0.15, 0.2) is 0 Å². The van der Waals surface area contributed by atoms with Gasteiger partial charge in [0.05, 0.1) is 0 Å². The molecule has 0 aliphatic rings. The Balaban J connectivity index is 0. The summed E-state index contributed by atoms with van der Waals surface area (Å²) in [4.78, 5) is 0. The van der Waals surface area contributed by atoms with Crippen LogP contribution in [0.5, 0.6) is 0 Å². The normalized spacial score (nSPS) is 0. The maximum atomic E-state index is 0. The molecule has 0 aromatic rings. The predicted octanol–water partition coefficient (Wildman–Crippen LogP) is -18.0. The molecule has 0 nitrogen and oxygen atoms in total. The summed E-state index contributed by atoms with van der Waals surface area (Å²) in [6.45, 7) is 0. The molecule has 0 heterocycles. The first-order chi connectivity index (χ1) is 0. The van der Waals surface area contributed by atoms with Gasteiger partial charge in [-0.25, -0.2) is 0 Å². The molecule has 0 atom stereocenters. The fourth-order valence-corrected chi connectivity index (χ4v) is 0. The van der Waals surface area contributed by atoms with Crippen molar-refractivity contribution in [3.05, 3.63) is 0 Å². The predicted molar refractivity (Wildman–Crippen MR) is 0 cm³/mol. The minimum absolute atomic E-state index is 0. The Kier molecular flexibility index (Phi) is 1660. The fraction of sp³-hybridized carbons (Fsp3) is 0. The SMILES string of the molecule is [F-].[F-].[F-].[F-].[F-].[Rb+].[Ti+4]. The summed E-state index contributed by atoms with van der Waals surface area (Å²) < 4.78 is 0. The minimum Gasteiger partial charge on any atom is -1.00 e. The third-order valence-electron chi connectivity index (χ3n) is 0. The monoisotopic (exact) mass is 228 g/mol. The summed E-state index contributed by atoms with van der Waals surface area (Å²) in [5.41, 5.74) is 0. The molecule has 0 saturated carbocycles.